The van der Waals surface area contributed by atoms with E-state index >= 15 is 0 Å². The maximum absolute atomic E-state index is 12.0. The predicted molar refractivity (Wildman–Crippen MR) is 175 cm³/mol. The number of anilines is 1. The monoisotopic (exact) mass is 590 g/mol. The van der Waals surface area contributed by atoms with Crippen LogP contribution in [-0.4, -0.2) is 108 Å². The van der Waals surface area contributed by atoms with Crippen LogP contribution in [0.15, 0.2) is 18.3 Å². The quantitative estimate of drug-likeness (QED) is 0.531. The van der Waals surface area contributed by atoms with E-state index < -0.39 is 0 Å². The van der Waals surface area contributed by atoms with Gasteiger partial charge in [-0.2, -0.15) is 0 Å². The number of nitrogens with two attached hydrogens (primary N) is 1. The van der Waals surface area contributed by atoms with E-state index in [1.165, 1.54) is 19.3 Å². The summed E-state index contributed by atoms with van der Waals surface area (Å²) in [5, 5.41) is 0. The molecule has 4 rings (SSSR count). The molecule has 9 heteroatoms. The molecule has 0 spiro atoms. The summed E-state index contributed by atoms with van der Waals surface area (Å²) >= 11 is 0. The number of pyridine rings is 1. The highest BCUT2D eigenvalue weighted by molar-refractivity contribution is 5.81. The van der Waals surface area contributed by atoms with Crippen molar-refractivity contribution in [3.05, 3.63) is 23.9 Å². The number of nitrogens with zero attached hydrogens (tertiary/aromatic N) is 5. The summed E-state index contributed by atoms with van der Waals surface area (Å²) < 4.78 is 5.54. The number of amides is 2. The van der Waals surface area contributed by atoms with Gasteiger partial charge < -0.3 is 30.1 Å². The summed E-state index contributed by atoms with van der Waals surface area (Å²) in [6.45, 7) is 23.1. The minimum atomic E-state index is -0.261. The van der Waals surface area contributed by atoms with E-state index in [-0.39, 0.29) is 42.7 Å². The second-order valence-electron chi connectivity index (χ2n) is 11.8. The molecule has 0 aliphatic carbocycles. The summed E-state index contributed by atoms with van der Waals surface area (Å²) in [5.74, 6) is 1.17. The SMILES string of the molecule is CC.CC1O[C@@H](C)CN(C2CCN(C)CC2)C1=O.CCCCC.Cc1ccc(N2C[C@@H](C)N(C(=O)CN)[C@@H](C)C2)nc1. The summed E-state index contributed by atoms with van der Waals surface area (Å²) in [7, 11) is 2.14. The Morgan fingerprint density at radius 2 is 1.57 bits per heavy atom. The van der Waals surface area contributed by atoms with Gasteiger partial charge in [0.05, 0.1) is 12.6 Å². The van der Waals surface area contributed by atoms with Gasteiger partial charge in [-0.25, -0.2) is 4.98 Å². The standard InChI is InChI=1S/C14H22N4O.C12H22N2O2.C5H12.C2H6/c1-10-4-5-13(16-7-10)17-8-11(2)18(12(3)9-17)14(19)6-15;1-9-8-14(12(15)10(2)16-9)11-4-6-13(3)7-5-11;1-3-5-4-2;1-2/h4-5,7,11-12H,6,8-9,15H2,1-3H3;9-11H,4-8H2,1-3H3;3-5H2,1-2H3;1-2H3/t11-,12+;9-,10?;;/m.0../s1. The first-order chi connectivity index (χ1) is 20.0. The Morgan fingerprint density at radius 3 is 2.02 bits per heavy atom. The van der Waals surface area contributed by atoms with Crippen LogP contribution in [0.1, 0.15) is 93.1 Å². The number of carbonyl (C=O) groups excluding carboxylic acids is 2. The Hall–Kier alpha value is -2.23. The second-order valence-corrected chi connectivity index (χ2v) is 11.8. The van der Waals surface area contributed by atoms with Gasteiger partial charge in [-0.1, -0.05) is 53.0 Å². The van der Waals surface area contributed by atoms with Crippen LogP contribution in [0.3, 0.4) is 0 Å². The van der Waals surface area contributed by atoms with Crippen molar-refractivity contribution >= 4 is 17.6 Å². The zero-order valence-corrected chi connectivity index (χ0v) is 28.4. The van der Waals surface area contributed by atoms with Crippen molar-refractivity contribution in [2.24, 2.45) is 5.73 Å². The fourth-order valence-corrected chi connectivity index (χ4v) is 5.79. The van der Waals surface area contributed by atoms with Crippen LogP contribution >= 0.6 is 0 Å². The molecule has 1 aromatic heterocycles. The van der Waals surface area contributed by atoms with Crippen LogP contribution in [0.5, 0.6) is 0 Å². The molecular formula is C33H62N6O3. The summed E-state index contributed by atoms with van der Waals surface area (Å²) in [5.41, 5.74) is 6.63. The molecule has 3 fully saturated rings. The number of rotatable bonds is 5. The lowest BCUT2D eigenvalue weighted by Crippen LogP contribution is -2.60. The lowest BCUT2D eigenvalue weighted by atomic mass is 10.0. The maximum Gasteiger partial charge on any atom is 0.251 e. The fourth-order valence-electron chi connectivity index (χ4n) is 5.79. The van der Waals surface area contributed by atoms with Gasteiger partial charge in [-0.15, -0.1) is 0 Å². The average molecular weight is 591 g/mol. The third-order valence-electron chi connectivity index (χ3n) is 7.96. The van der Waals surface area contributed by atoms with Crippen LogP contribution < -0.4 is 10.6 Å². The first-order valence-corrected chi connectivity index (χ1v) is 16.3. The van der Waals surface area contributed by atoms with Crippen LogP contribution in [-0.2, 0) is 14.3 Å². The smallest absolute Gasteiger partial charge is 0.251 e. The topological polar surface area (TPSA) is 95.2 Å². The van der Waals surface area contributed by atoms with Gasteiger partial charge in [0.15, 0.2) is 0 Å². The van der Waals surface area contributed by atoms with Crippen molar-refractivity contribution in [1.29, 1.82) is 0 Å². The van der Waals surface area contributed by atoms with Gasteiger partial charge in [0.2, 0.25) is 5.91 Å². The molecule has 1 unspecified atom stereocenters. The lowest BCUT2D eigenvalue weighted by molar-refractivity contribution is -0.163. The Kier molecular flexibility index (Phi) is 17.9. The highest BCUT2D eigenvalue weighted by Crippen LogP contribution is 2.22. The van der Waals surface area contributed by atoms with E-state index in [4.69, 9.17) is 10.5 Å². The predicted octanol–water partition coefficient (Wildman–Crippen LogP) is 4.71. The maximum atomic E-state index is 12.0. The molecule has 4 heterocycles. The third kappa shape index (κ3) is 11.8. The van der Waals surface area contributed by atoms with E-state index in [0.29, 0.717) is 6.04 Å². The molecule has 42 heavy (non-hydrogen) atoms. The largest absolute Gasteiger partial charge is 0.364 e. The number of morpholine rings is 1. The second kappa shape index (κ2) is 19.9. The number of aromatic nitrogens is 1. The van der Waals surface area contributed by atoms with Crippen molar-refractivity contribution in [3.63, 3.8) is 0 Å². The number of unbranched alkanes of at least 4 members (excludes halogenated alkanes) is 2. The zero-order valence-electron chi connectivity index (χ0n) is 28.4. The summed E-state index contributed by atoms with van der Waals surface area (Å²) in [6, 6.07) is 4.84. The average Bonchev–Trinajstić information content (AvgIpc) is 2.97. The number of hydrogen-bond donors (Lipinski definition) is 1. The number of ether oxygens (including phenoxy) is 1. The van der Waals surface area contributed by atoms with Crippen molar-refractivity contribution < 1.29 is 14.3 Å². The number of piperazine rings is 1. The van der Waals surface area contributed by atoms with Gasteiger partial charge in [0.25, 0.3) is 5.91 Å². The highest BCUT2D eigenvalue weighted by Gasteiger charge is 2.35. The van der Waals surface area contributed by atoms with E-state index in [1.807, 2.05) is 56.7 Å². The van der Waals surface area contributed by atoms with Crippen molar-refractivity contribution in [2.45, 2.75) is 125 Å². The summed E-state index contributed by atoms with van der Waals surface area (Å²) in [4.78, 5) is 36.8. The molecule has 0 radical (unpaired) electrons. The minimum Gasteiger partial charge on any atom is -0.364 e. The first kappa shape index (κ1) is 37.8. The molecule has 1 aromatic rings. The van der Waals surface area contributed by atoms with Crippen LogP contribution in [0, 0.1) is 6.92 Å². The number of hydrogen-bond acceptors (Lipinski definition) is 7. The van der Waals surface area contributed by atoms with Crippen molar-refractivity contribution in [2.75, 3.05) is 51.2 Å². The zero-order chi connectivity index (χ0) is 31.8. The molecule has 0 bridgehead atoms. The van der Waals surface area contributed by atoms with Crippen LogP contribution in [0.4, 0.5) is 5.82 Å². The molecule has 242 valence electrons. The molecule has 9 nitrogen and oxygen atoms in total. The minimum absolute atomic E-state index is 0.0246. The molecule has 0 aromatic carbocycles. The molecule has 0 saturated carbocycles. The number of piperidine rings is 1. The van der Waals surface area contributed by atoms with Crippen LogP contribution in [0.2, 0.25) is 0 Å². The molecule has 3 aliphatic heterocycles. The molecule has 3 saturated heterocycles. The highest BCUT2D eigenvalue weighted by atomic mass is 16.5. The van der Waals surface area contributed by atoms with Gasteiger partial charge in [0.1, 0.15) is 11.9 Å². The Bertz CT molecular complexity index is 876. The van der Waals surface area contributed by atoms with Gasteiger partial charge >= 0.3 is 0 Å². The lowest BCUT2D eigenvalue weighted by Gasteiger charge is -2.44. The van der Waals surface area contributed by atoms with Crippen molar-refractivity contribution in [3.8, 4) is 0 Å². The molecule has 4 atom stereocenters. The van der Waals surface area contributed by atoms with Gasteiger partial charge in [-0.3, -0.25) is 9.59 Å². The first-order valence-electron chi connectivity index (χ1n) is 16.3. The number of likely N-dealkylation sites (tertiary alicyclic amines) is 1. The fraction of sp³-hybridized carbons (Fsp3) is 0.788. The third-order valence-corrected chi connectivity index (χ3v) is 7.96. The molecule has 2 amide bonds. The Morgan fingerprint density at radius 1 is 1.00 bits per heavy atom. The normalized spacial score (nSPS) is 24.9. The van der Waals surface area contributed by atoms with E-state index in [0.717, 1.165) is 56.9 Å². The van der Waals surface area contributed by atoms with E-state index in [2.05, 4.69) is 55.6 Å². The van der Waals surface area contributed by atoms with E-state index in [9.17, 15) is 9.59 Å². The Labute approximate surface area is 257 Å². The molecular weight excluding hydrogens is 528 g/mol. The Balaban J connectivity index is 0.000000348. The van der Waals surface area contributed by atoms with Crippen molar-refractivity contribution in [1.82, 2.24) is 19.7 Å². The number of aryl methyl sites for hydroxylation is 1. The van der Waals surface area contributed by atoms with Crippen LogP contribution in [0.25, 0.3) is 0 Å². The molecule has 2 N–H and O–H groups in total. The van der Waals surface area contributed by atoms with Gasteiger partial charge in [-0.05, 0) is 79.2 Å². The summed E-state index contributed by atoms with van der Waals surface area (Å²) in [6.07, 6.45) is 8.06. The van der Waals surface area contributed by atoms with E-state index in [1.54, 1.807) is 0 Å². The van der Waals surface area contributed by atoms with Gasteiger partial charge in [0, 0.05) is 44.0 Å². The molecule has 3 aliphatic rings. The number of carbonyl (C=O) groups is 2.